The number of hydrogen-bond acceptors (Lipinski definition) is 6. The molecule has 1 fully saturated rings. The molecule has 27 heavy (non-hydrogen) atoms. The Bertz CT molecular complexity index is 791. The van der Waals surface area contributed by atoms with Gasteiger partial charge in [0.25, 0.3) is 5.91 Å². The third kappa shape index (κ3) is 5.45. The summed E-state index contributed by atoms with van der Waals surface area (Å²) in [5.74, 6) is -0.865. The molecule has 0 N–H and O–H groups in total. The molecule has 0 aromatic heterocycles. The first-order valence-electron chi connectivity index (χ1n) is 9.10. The molecule has 0 radical (unpaired) electrons. The van der Waals surface area contributed by atoms with Crippen molar-refractivity contribution in [2.45, 2.75) is 38.8 Å². The number of rotatable bonds is 7. The molecule has 2 rings (SSSR count). The quantitative estimate of drug-likeness (QED) is 0.653. The van der Waals surface area contributed by atoms with Gasteiger partial charge in [-0.3, -0.25) is 4.79 Å². The molecule has 0 unspecified atom stereocenters. The number of carbonyl (C=O) groups is 2. The summed E-state index contributed by atoms with van der Waals surface area (Å²) in [4.78, 5) is 28.4. The van der Waals surface area contributed by atoms with Crippen LogP contribution in [0.1, 0.15) is 37.0 Å². The minimum Gasteiger partial charge on any atom is -0.452 e. The summed E-state index contributed by atoms with van der Waals surface area (Å²) in [6, 6.07) is 6.48. The molecule has 2 atom stereocenters. The third-order valence-corrected chi connectivity index (χ3v) is 6.63. The van der Waals surface area contributed by atoms with E-state index < -0.39 is 22.4 Å². The van der Waals surface area contributed by atoms with Crippen molar-refractivity contribution in [2.75, 3.05) is 37.1 Å². The molecule has 1 aromatic rings. The van der Waals surface area contributed by atoms with Gasteiger partial charge in [-0.25, -0.2) is 13.2 Å². The molecule has 1 aromatic carbocycles. The van der Waals surface area contributed by atoms with Crippen LogP contribution in [0.25, 0.3) is 0 Å². The maximum absolute atomic E-state index is 12.7. The monoisotopic (exact) mass is 396 g/mol. The van der Waals surface area contributed by atoms with Gasteiger partial charge in [-0.1, -0.05) is 13.0 Å². The van der Waals surface area contributed by atoms with Crippen molar-refractivity contribution in [3.8, 4) is 0 Å². The van der Waals surface area contributed by atoms with Gasteiger partial charge in [0.1, 0.15) is 0 Å². The summed E-state index contributed by atoms with van der Waals surface area (Å²) in [6.45, 7) is 3.42. The van der Waals surface area contributed by atoms with Crippen LogP contribution in [0.15, 0.2) is 24.3 Å². The van der Waals surface area contributed by atoms with Crippen LogP contribution in [-0.2, 0) is 19.4 Å². The fourth-order valence-electron chi connectivity index (χ4n) is 3.20. The zero-order valence-corrected chi connectivity index (χ0v) is 17.2. The van der Waals surface area contributed by atoms with Crippen molar-refractivity contribution in [3.63, 3.8) is 0 Å². The fourth-order valence-corrected chi connectivity index (χ4v) is 4.91. The lowest BCUT2D eigenvalue weighted by molar-refractivity contribution is -0.138. The zero-order valence-electron chi connectivity index (χ0n) is 16.3. The van der Waals surface area contributed by atoms with Crippen LogP contribution < -0.4 is 4.90 Å². The van der Waals surface area contributed by atoms with E-state index in [1.807, 2.05) is 38.9 Å². The minimum atomic E-state index is -3.11. The molecule has 1 heterocycles. The maximum atomic E-state index is 12.7. The normalized spacial score (nSPS) is 19.3. The Kier molecular flexibility index (Phi) is 6.86. The standard InChI is InChI=1S/C19H28N2O5S/c1-5-14(2)21(17-9-10-27(24,25)13-17)18(22)12-26-19(23)15-7-6-8-16(11-15)20(3)4/h6-8,11,14,17H,5,9-10,12-13H2,1-4H3/t14-,17-/m0/s1. The van der Waals surface area contributed by atoms with Crippen molar-refractivity contribution in [1.29, 1.82) is 0 Å². The lowest BCUT2D eigenvalue weighted by atomic mass is 10.1. The Balaban J connectivity index is 2.05. The van der Waals surface area contributed by atoms with E-state index in [0.717, 1.165) is 5.69 Å². The van der Waals surface area contributed by atoms with Gasteiger partial charge >= 0.3 is 5.97 Å². The van der Waals surface area contributed by atoms with Crippen molar-refractivity contribution in [2.24, 2.45) is 0 Å². The van der Waals surface area contributed by atoms with Crippen LogP contribution in [0.4, 0.5) is 5.69 Å². The Hall–Kier alpha value is -2.09. The van der Waals surface area contributed by atoms with E-state index in [9.17, 15) is 18.0 Å². The number of benzene rings is 1. The van der Waals surface area contributed by atoms with Gasteiger partial charge in [-0.15, -0.1) is 0 Å². The third-order valence-electron chi connectivity index (χ3n) is 4.88. The molecule has 1 saturated heterocycles. The van der Waals surface area contributed by atoms with E-state index >= 15 is 0 Å². The lowest BCUT2D eigenvalue weighted by Gasteiger charge is -2.33. The summed E-state index contributed by atoms with van der Waals surface area (Å²) in [6.07, 6.45) is 1.12. The van der Waals surface area contributed by atoms with Gasteiger partial charge in [0.15, 0.2) is 16.4 Å². The van der Waals surface area contributed by atoms with Gasteiger partial charge in [-0.2, -0.15) is 0 Å². The van der Waals surface area contributed by atoms with E-state index in [4.69, 9.17) is 4.74 Å². The van der Waals surface area contributed by atoms with Gasteiger partial charge in [0, 0.05) is 31.9 Å². The Morgan fingerprint density at radius 1 is 1.30 bits per heavy atom. The van der Waals surface area contributed by atoms with Crippen LogP contribution in [0.3, 0.4) is 0 Å². The molecule has 1 amide bonds. The minimum absolute atomic E-state index is 0.0259. The molecule has 0 bridgehead atoms. The molecule has 0 spiro atoms. The summed E-state index contributed by atoms with van der Waals surface area (Å²) in [7, 11) is 0.628. The Morgan fingerprint density at radius 2 is 2.00 bits per heavy atom. The predicted molar refractivity (Wildman–Crippen MR) is 105 cm³/mol. The number of hydrogen-bond donors (Lipinski definition) is 0. The fraction of sp³-hybridized carbons (Fsp3) is 0.579. The van der Waals surface area contributed by atoms with Gasteiger partial charge in [0.05, 0.1) is 17.1 Å². The SMILES string of the molecule is CC[C@H](C)N(C(=O)COC(=O)c1cccc(N(C)C)c1)[C@H]1CCS(=O)(=O)C1. The number of sulfone groups is 1. The first-order chi connectivity index (χ1) is 12.6. The molecular weight excluding hydrogens is 368 g/mol. The zero-order chi connectivity index (χ0) is 20.2. The van der Waals surface area contributed by atoms with Gasteiger partial charge in [0.2, 0.25) is 0 Å². The van der Waals surface area contributed by atoms with E-state index in [-0.39, 0.29) is 29.5 Å². The summed E-state index contributed by atoms with van der Waals surface area (Å²) in [5, 5.41) is 0. The smallest absolute Gasteiger partial charge is 0.338 e. The van der Waals surface area contributed by atoms with Gasteiger partial charge < -0.3 is 14.5 Å². The number of anilines is 1. The van der Waals surface area contributed by atoms with Crippen LogP contribution >= 0.6 is 0 Å². The van der Waals surface area contributed by atoms with Crippen molar-refractivity contribution in [1.82, 2.24) is 4.90 Å². The lowest BCUT2D eigenvalue weighted by Crippen LogP contribution is -2.48. The van der Waals surface area contributed by atoms with E-state index in [2.05, 4.69) is 0 Å². The van der Waals surface area contributed by atoms with Crippen LogP contribution in [0.2, 0.25) is 0 Å². The number of ether oxygens (including phenoxy) is 1. The van der Waals surface area contributed by atoms with Gasteiger partial charge in [-0.05, 0) is 38.0 Å². The predicted octanol–water partition coefficient (Wildman–Crippen LogP) is 1.72. The van der Waals surface area contributed by atoms with E-state index in [1.54, 1.807) is 23.1 Å². The summed E-state index contributed by atoms with van der Waals surface area (Å²) >= 11 is 0. The number of esters is 1. The molecule has 7 nitrogen and oxygen atoms in total. The molecule has 1 aliphatic rings. The van der Waals surface area contributed by atoms with E-state index in [1.165, 1.54) is 0 Å². The van der Waals surface area contributed by atoms with Crippen molar-refractivity contribution in [3.05, 3.63) is 29.8 Å². The maximum Gasteiger partial charge on any atom is 0.338 e. The average molecular weight is 397 g/mol. The number of carbonyl (C=O) groups excluding carboxylic acids is 2. The first kappa shape index (κ1) is 21.2. The van der Waals surface area contributed by atoms with Crippen LogP contribution in [0, 0.1) is 0 Å². The highest BCUT2D eigenvalue weighted by Crippen LogP contribution is 2.22. The molecule has 0 saturated carbocycles. The molecular formula is C19H28N2O5S. The Labute approximate surface area is 161 Å². The second kappa shape index (κ2) is 8.73. The van der Waals surface area contributed by atoms with Crippen molar-refractivity contribution < 1.29 is 22.7 Å². The summed E-state index contributed by atoms with van der Waals surface area (Å²) in [5.41, 5.74) is 1.22. The number of amides is 1. The number of nitrogens with zero attached hydrogens (tertiary/aromatic N) is 2. The molecule has 150 valence electrons. The van der Waals surface area contributed by atoms with Crippen LogP contribution in [0.5, 0.6) is 0 Å². The molecule has 1 aliphatic heterocycles. The Morgan fingerprint density at radius 3 is 2.56 bits per heavy atom. The molecule has 0 aliphatic carbocycles. The van der Waals surface area contributed by atoms with Crippen LogP contribution in [-0.4, -0.2) is 69.5 Å². The molecule has 8 heteroatoms. The second-order valence-electron chi connectivity index (χ2n) is 7.14. The highest BCUT2D eigenvalue weighted by atomic mass is 32.2. The second-order valence-corrected chi connectivity index (χ2v) is 9.36. The van der Waals surface area contributed by atoms with Crippen molar-refractivity contribution >= 4 is 27.4 Å². The average Bonchev–Trinajstić information content (AvgIpc) is 2.98. The highest BCUT2D eigenvalue weighted by Gasteiger charge is 2.36. The van der Waals surface area contributed by atoms with E-state index in [0.29, 0.717) is 18.4 Å². The summed E-state index contributed by atoms with van der Waals surface area (Å²) < 4.78 is 28.8. The largest absolute Gasteiger partial charge is 0.452 e. The first-order valence-corrected chi connectivity index (χ1v) is 10.9. The highest BCUT2D eigenvalue weighted by molar-refractivity contribution is 7.91. The topological polar surface area (TPSA) is 84.0 Å².